The second-order valence-corrected chi connectivity index (χ2v) is 6.31. The molecule has 1 fully saturated rings. The van der Waals surface area contributed by atoms with E-state index in [1.807, 2.05) is 0 Å². The van der Waals surface area contributed by atoms with Crippen LogP contribution in [0.4, 0.5) is 10.1 Å². The van der Waals surface area contributed by atoms with Gasteiger partial charge in [-0.2, -0.15) is 0 Å². The highest BCUT2D eigenvalue weighted by Gasteiger charge is 2.41. The van der Waals surface area contributed by atoms with Crippen LogP contribution < -0.4 is 4.90 Å². The molecule has 0 amide bonds. The van der Waals surface area contributed by atoms with Crippen molar-refractivity contribution in [3.05, 3.63) is 28.5 Å². The van der Waals surface area contributed by atoms with Crippen LogP contribution in [0.15, 0.2) is 22.7 Å². The smallest absolute Gasteiger partial charge is 0.125 e. The third-order valence-electron chi connectivity index (χ3n) is 3.86. The van der Waals surface area contributed by atoms with Crippen LogP contribution in [0.2, 0.25) is 0 Å². The zero-order chi connectivity index (χ0) is 13.2. The summed E-state index contributed by atoms with van der Waals surface area (Å²) in [4.78, 5) is 2.29. The van der Waals surface area contributed by atoms with Crippen LogP contribution in [0.5, 0.6) is 0 Å². The summed E-state index contributed by atoms with van der Waals surface area (Å²) in [5.41, 5.74) is 1.47. The summed E-state index contributed by atoms with van der Waals surface area (Å²) in [5, 5.41) is 0. The molecule has 0 unspecified atom stereocenters. The predicted octanol–water partition coefficient (Wildman–Crippen LogP) is 4.99. The van der Waals surface area contributed by atoms with Gasteiger partial charge in [0, 0.05) is 23.0 Å². The van der Waals surface area contributed by atoms with Crippen LogP contribution in [-0.4, -0.2) is 13.1 Å². The van der Waals surface area contributed by atoms with Crippen molar-refractivity contribution in [1.82, 2.24) is 0 Å². The maximum atomic E-state index is 13.3. The number of benzene rings is 1. The predicted molar refractivity (Wildman–Crippen MR) is 78.6 cm³/mol. The van der Waals surface area contributed by atoms with Crippen molar-refractivity contribution in [2.75, 3.05) is 18.0 Å². The van der Waals surface area contributed by atoms with Gasteiger partial charge in [0.25, 0.3) is 0 Å². The molecule has 3 heteroatoms. The molecular formula is C15H21BrFN. The first-order chi connectivity index (χ1) is 8.60. The number of hydrogen-bond donors (Lipinski definition) is 0. The Morgan fingerprint density at radius 2 is 1.83 bits per heavy atom. The Hall–Kier alpha value is -0.570. The zero-order valence-corrected chi connectivity index (χ0v) is 12.8. The van der Waals surface area contributed by atoms with Gasteiger partial charge in [0.05, 0.1) is 5.69 Å². The Kier molecular flexibility index (Phi) is 4.31. The van der Waals surface area contributed by atoms with Gasteiger partial charge in [-0.15, -0.1) is 0 Å². The molecule has 1 heterocycles. The van der Waals surface area contributed by atoms with E-state index in [9.17, 15) is 4.39 Å². The van der Waals surface area contributed by atoms with Crippen LogP contribution in [-0.2, 0) is 0 Å². The molecule has 18 heavy (non-hydrogen) atoms. The third kappa shape index (κ3) is 2.71. The standard InChI is InChI=1S/C15H21BrFN/c1-3-7-15(8-4-2)10-18(11-15)14-9-12(17)5-6-13(14)16/h5-6,9H,3-4,7-8,10-11H2,1-2H3. The van der Waals surface area contributed by atoms with E-state index in [0.717, 1.165) is 23.2 Å². The quantitative estimate of drug-likeness (QED) is 0.739. The lowest BCUT2D eigenvalue weighted by atomic mass is 9.72. The molecule has 0 bridgehead atoms. The summed E-state index contributed by atoms with van der Waals surface area (Å²) < 4.78 is 14.3. The Balaban J connectivity index is 2.08. The van der Waals surface area contributed by atoms with Crippen LogP contribution in [0.25, 0.3) is 0 Å². The van der Waals surface area contributed by atoms with Crippen molar-refractivity contribution < 1.29 is 4.39 Å². The normalized spacial score (nSPS) is 17.7. The Morgan fingerprint density at radius 1 is 1.22 bits per heavy atom. The highest BCUT2D eigenvalue weighted by atomic mass is 79.9. The molecule has 1 nitrogen and oxygen atoms in total. The summed E-state index contributed by atoms with van der Waals surface area (Å²) in [6.07, 6.45) is 5.03. The summed E-state index contributed by atoms with van der Waals surface area (Å²) in [6.45, 7) is 6.63. The van der Waals surface area contributed by atoms with E-state index in [4.69, 9.17) is 0 Å². The molecule has 1 aliphatic rings. The maximum Gasteiger partial charge on any atom is 0.125 e. The molecule has 0 spiro atoms. The van der Waals surface area contributed by atoms with Gasteiger partial charge in [-0.3, -0.25) is 0 Å². The second-order valence-electron chi connectivity index (χ2n) is 5.45. The highest BCUT2D eigenvalue weighted by molar-refractivity contribution is 9.10. The molecule has 100 valence electrons. The largest absolute Gasteiger partial charge is 0.369 e. The van der Waals surface area contributed by atoms with Crippen LogP contribution in [0, 0.1) is 11.2 Å². The van der Waals surface area contributed by atoms with Gasteiger partial charge >= 0.3 is 0 Å². The maximum absolute atomic E-state index is 13.3. The minimum atomic E-state index is -0.156. The van der Waals surface area contributed by atoms with Crippen molar-refractivity contribution in [3.63, 3.8) is 0 Å². The van der Waals surface area contributed by atoms with Crippen LogP contribution in [0.3, 0.4) is 0 Å². The number of halogens is 2. The lowest BCUT2D eigenvalue weighted by molar-refractivity contribution is 0.173. The number of nitrogens with zero attached hydrogens (tertiary/aromatic N) is 1. The Bertz CT molecular complexity index is 405. The molecule has 0 aliphatic carbocycles. The minimum absolute atomic E-state index is 0.156. The number of anilines is 1. The van der Waals surface area contributed by atoms with E-state index in [-0.39, 0.29) is 5.82 Å². The van der Waals surface area contributed by atoms with E-state index >= 15 is 0 Å². The van der Waals surface area contributed by atoms with E-state index < -0.39 is 0 Å². The summed E-state index contributed by atoms with van der Waals surface area (Å²) >= 11 is 3.51. The Morgan fingerprint density at radius 3 is 2.39 bits per heavy atom. The highest BCUT2D eigenvalue weighted by Crippen LogP contribution is 2.43. The molecule has 0 atom stereocenters. The minimum Gasteiger partial charge on any atom is -0.369 e. The number of hydrogen-bond acceptors (Lipinski definition) is 1. The van der Waals surface area contributed by atoms with Gasteiger partial charge in [-0.25, -0.2) is 4.39 Å². The van der Waals surface area contributed by atoms with Crippen LogP contribution >= 0.6 is 15.9 Å². The molecule has 1 aromatic rings. The van der Waals surface area contributed by atoms with Gasteiger partial charge < -0.3 is 4.90 Å². The lowest BCUT2D eigenvalue weighted by Gasteiger charge is -2.52. The zero-order valence-electron chi connectivity index (χ0n) is 11.2. The fourth-order valence-corrected chi connectivity index (χ4v) is 3.66. The first-order valence-electron chi connectivity index (χ1n) is 6.80. The van der Waals surface area contributed by atoms with E-state index in [1.165, 1.54) is 31.7 Å². The van der Waals surface area contributed by atoms with E-state index in [0.29, 0.717) is 5.41 Å². The van der Waals surface area contributed by atoms with E-state index in [1.54, 1.807) is 12.1 Å². The molecule has 2 rings (SSSR count). The Labute approximate surface area is 118 Å². The van der Waals surface area contributed by atoms with Crippen molar-refractivity contribution in [3.8, 4) is 0 Å². The molecule has 0 N–H and O–H groups in total. The van der Waals surface area contributed by atoms with Gasteiger partial charge in [-0.1, -0.05) is 26.7 Å². The molecule has 0 saturated carbocycles. The van der Waals surface area contributed by atoms with Gasteiger partial charge in [0.1, 0.15) is 5.82 Å². The average molecular weight is 314 g/mol. The van der Waals surface area contributed by atoms with Crippen LogP contribution in [0.1, 0.15) is 39.5 Å². The van der Waals surface area contributed by atoms with Crippen molar-refractivity contribution >= 4 is 21.6 Å². The monoisotopic (exact) mass is 313 g/mol. The fraction of sp³-hybridized carbons (Fsp3) is 0.600. The lowest BCUT2D eigenvalue weighted by Crippen LogP contribution is -2.56. The van der Waals surface area contributed by atoms with E-state index in [2.05, 4.69) is 34.7 Å². The molecule has 0 radical (unpaired) electrons. The molecular weight excluding hydrogens is 293 g/mol. The van der Waals surface area contributed by atoms with Crippen molar-refractivity contribution in [2.45, 2.75) is 39.5 Å². The summed E-state index contributed by atoms with van der Waals surface area (Å²) in [5.74, 6) is -0.156. The first-order valence-corrected chi connectivity index (χ1v) is 7.59. The fourth-order valence-electron chi connectivity index (χ4n) is 3.16. The molecule has 1 aromatic carbocycles. The average Bonchev–Trinajstić information content (AvgIpc) is 2.29. The summed E-state index contributed by atoms with van der Waals surface area (Å²) in [7, 11) is 0. The van der Waals surface area contributed by atoms with Gasteiger partial charge in [0.15, 0.2) is 0 Å². The SMILES string of the molecule is CCCC1(CCC)CN(c2cc(F)ccc2Br)C1. The number of rotatable bonds is 5. The second kappa shape index (κ2) is 5.60. The molecule has 1 aliphatic heterocycles. The molecule has 0 aromatic heterocycles. The van der Waals surface area contributed by atoms with Gasteiger partial charge in [-0.05, 0) is 47.0 Å². The first kappa shape index (κ1) is 13.9. The molecule has 1 saturated heterocycles. The van der Waals surface area contributed by atoms with Gasteiger partial charge in [0.2, 0.25) is 0 Å². The summed E-state index contributed by atoms with van der Waals surface area (Å²) in [6, 6.07) is 4.93. The van der Waals surface area contributed by atoms with Crippen molar-refractivity contribution in [1.29, 1.82) is 0 Å². The topological polar surface area (TPSA) is 3.24 Å². The van der Waals surface area contributed by atoms with Crippen molar-refractivity contribution in [2.24, 2.45) is 5.41 Å². The third-order valence-corrected chi connectivity index (χ3v) is 4.53.